The number of anilines is 2. The molecule has 0 fully saturated rings. The number of benzene rings is 4. The highest BCUT2D eigenvalue weighted by atomic mass is 16.5. The number of fused-ring (bicyclic) bond motifs is 4. The number of likely N-dealkylation sites (N-methyl/N-ethyl adjacent to an activating group) is 3. The molecule has 0 aliphatic carbocycles. The Labute approximate surface area is 336 Å². The van der Waals surface area contributed by atoms with Crippen molar-refractivity contribution in [3.8, 4) is 11.5 Å². The third kappa shape index (κ3) is 9.17. The molecule has 0 bridgehead atoms. The number of nitrogens with one attached hydrogen (secondary N) is 6. The maximum Gasteiger partial charge on any atom is 0.253 e. The lowest BCUT2D eigenvalue weighted by Crippen LogP contribution is -2.33. The van der Waals surface area contributed by atoms with Crippen molar-refractivity contribution in [1.29, 1.82) is 0 Å². The van der Waals surface area contributed by atoms with E-state index in [0.717, 1.165) is 0 Å². The number of aromatic nitrogens is 2. The molecule has 15 nitrogen and oxygen atoms in total. The normalized spacial score (nSPS) is 11.6. The Bertz CT molecular complexity index is 2410. The number of pyridine rings is 2. The predicted molar refractivity (Wildman–Crippen MR) is 234 cm³/mol. The molecular formula is C43H53N9O6. The third-order valence-corrected chi connectivity index (χ3v) is 10.1. The van der Waals surface area contributed by atoms with Crippen molar-refractivity contribution < 1.29 is 19.1 Å². The molecule has 6 rings (SSSR count). The molecule has 4 aromatic carbocycles. The number of hydrogen-bond acceptors (Lipinski definition) is 11. The van der Waals surface area contributed by atoms with Gasteiger partial charge in [-0.25, -0.2) is 0 Å². The Balaban J connectivity index is 1.24. The zero-order valence-electron chi connectivity index (χ0n) is 34.2. The monoisotopic (exact) mass is 791 g/mol. The van der Waals surface area contributed by atoms with Crippen molar-refractivity contribution in [2.75, 3.05) is 112 Å². The van der Waals surface area contributed by atoms with Crippen LogP contribution in [0.3, 0.4) is 0 Å². The van der Waals surface area contributed by atoms with E-state index in [-0.39, 0.29) is 22.7 Å². The minimum atomic E-state index is -0.285. The second-order valence-corrected chi connectivity index (χ2v) is 14.8. The van der Waals surface area contributed by atoms with Crippen LogP contribution in [0, 0.1) is 0 Å². The topological polar surface area (TPSA) is 176 Å². The zero-order valence-corrected chi connectivity index (χ0v) is 34.2. The van der Waals surface area contributed by atoms with E-state index in [1.54, 1.807) is 74.9 Å². The third-order valence-electron chi connectivity index (χ3n) is 10.1. The molecular weight excluding hydrogens is 739 g/mol. The minimum Gasteiger partial charge on any atom is -0.497 e. The predicted octanol–water partition coefficient (Wildman–Crippen LogP) is 3.73. The van der Waals surface area contributed by atoms with Crippen LogP contribution in [0.15, 0.2) is 70.3 Å². The van der Waals surface area contributed by atoms with Crippen LogP contribution in [0.25, 0.3) is 43.6 Å². The van der Waals surface area contributed by atoms with Crippen LogP contribution >= 0.6 is 0 Å². The number of hydrogen-bond donors (Lipinski definition) is 6. The Kier molecular flexibility index (Phi) is 13.2. The van der Waals surface area contributed by atoms with Crippen LogP contribution < -0.4 is 41.6 Å². The Morgan fingerprint density at radius 2 is 0.948 bits per heavy atom. The van der Waals surface area contributed by atoms with Gasteiger partial charge in [0.1, 0.15) is 11.5 Å². The number of H-pyrrole nitrogens is 2. The summed E-state index contributed by atoms with van der Waals surface area (Å²) >= 11 is 0. The molecule has 0 aliphatic rings. The van der Waals surface area contributed by atoms with Crippen molar-refractivity contribution in [3.63, 3.8) is 0 Å². The van der Waals surface area contributed by atoms with Gasteiger partial charge in [0.2, 0.25) is 0 Å². The highest BCUT2D eigenvalue weighted by Crippen LogP contribution is 2.29. The van der Waals surface area contributed by atoms with Gasteiger partial charge in [-0.3, -0.25) is 19.2 Å². The summed E-state index contributed by atoms with van der Waals surface area (Å²) in [4.78, 5) is 68.0. The Hall–Kier alpha value is -6.16. The van der Waals surface area contributed by atoms with Crippen molar-refractivity contribution >= 4 is 66.8 Å². The number of carbonyl (C=O) groups excluding carboxylic acids is 2. The summed E-state index contributed by atoms with van der Waals surface area (Å²) in [7, 11) is 12.8. The fourth-order valence-corrected chi connectivity index (χ4v) is 6.92. The summed E-state index contributed by atoms with van der Waals surface area (Å²) in [5.41, 5.74) is 3.71. The molecule has 6 aromatic rings. The fourth-order valence-electron chi connectivity index (χ4n) is 6.92. The van der Waals surface area contributed by atoms with E-state index < -0.39 is 0 Å². The molecule has 15 heteroatoms. The number of nitrogens with zero attached hydrogens (tertiary/aromatic N) is 3. The lowest BCUT2D eigenvalue weighted by Gasteiger charge is -2.21. The molecule has 0 saturated carbocycles. The van der Waals surface area contributed by atoms with Crippen LogP contribution in [0.5, 0.6) is 11.5 Å². The molecule has 0 spiro atoms. The van der Waals surface area contributed by atoms with Gasteiger partial charge >= 0.3 is 0 Å². The number of ether oxygens (including phenoxy) is 2. The van der Waals surface area contributed by atoms with Crippen molar-refractivity contribution in [3.05, 3.63) is 92.2 Å². The van der Waals surface area contributed by atoms with E-state index >= 15 is 0 Å². The Morgan fingerprint density at radius 1 is 0.552 bits per heavy atom. The molecule has 2 amide bonds. The van der Waals surface area contributed by atoms with Crippen molar-refractivity contribution in [2.45, 2.75) is 0 Å². The van der Waals surface area contributed by atoms with Crippen LogP contribution in [0.1, 0.15) is 20.7 Å². The molecule has 0 atom stereocenters. The number of carbonyl (C=O) groups is 2. The molecule has 2 heterocycles. The summed E-state index contributed by atoms with van der Waals surface area (Å²) in [6, 6.07) is 17.6. The average molecular weight is 792 g/mol. The molecule has 306 valence electrons. The van der Waals surface area contributed by atoms with Crippen molar-refractivity contribution in [1.82, 2.24) is 35.3 Å². The minimum absolute atomic E-state index is 0.219. The van der Waals surface area contributed by atoms with Gasteiger partial charge in [0.25, 0.3) is 11.8 Å². The summed E-state index contributed by atoms with van der Waals surface area (Å²) < 4.78 is 10.8. The van der Waals surface area contributed by atoms with Gasteiger partial charge in [-0.05, 0) is 95.9 Å². The maximum absolute atomic E-state index is 14.1. The summed E-state index contributed by atoms with van der Waals surface area (Å²) in [5, 5.41) is 14.5. The zero-order chi connectivity index (χ0) is 41.5. The van der Waals surface area contributed by atoms with Crippen LogP contribution in [-0.2, 0) is 0 Å². The Morgan fingerprint density at radius 3 is 1.33 bits per heavy atom. The van der Waals surface area contributed by atoms with E-state index in [1.807, 2.05) is 45.0 Å². The lowest BCUT2D eigenvalue weighted by atomic mass is 10.0. The lowest BCUT2D eigenvalue weighted by molar-refractivity contribution is 0.0943. The van der Waals surface area contributed by atoms with E-state index in [0.29, 0.717) is 130 Å². The smallest absolute Gasteiger partial charge is 0.253 e. The first-order chi connectivity index (χ1) is 27.9. The van der Waals surface area contributed by atoms with Gasteiger partial charge in [-0.15, -0.1) is 0 Å². The van der Waals surface area contributed by atoms with Gasteiger partial charge in [0.05, 0.1) is 69.6 Å². The van der Waals surface area contributed by atoms with E-state index in [4.69, 9.17) is 9.47 Å². The van der Waals surface area contributed by atoms with E-state index in [9.17, 15) is 19.2 Å². The van der Waals surface area contributed by atoms with Gasteiger partial charge in [0, 0.05) is 63.1 Å². The number of aromatic amines is 2. The fraction of sp³-hybridized carbons (Fsp3) is 0.349. The van der Waals surface area contributed by atoms with Gasteiger partial charge < -0.3 is 55.4 Å². The van der Waals surface area contributed by atoms with E-state index in [1.165, 1.54) is 0 Å². The average Bonchev–Trinajstić information content (AvgIpc) is 3.20. The summed E-state index contributed by atoms with van der Waals surface area (Å²) in [6.07, 6.45) is 0. The highest BCUT2D eigenvalue weighted by molar-refractivity contribution is 6.11. The molecule has 0 unspecified atom stereocenters. The first-order valence-electron chi connectivity index (χ1n) is 19.3. The molecule has 0 radical (unpaired) electrons. The molecule has 2 aromatic heterocycles. The largest absolute Gasteiger partial charge is 0.497 e. The van der Waals surface area contributed by atoms with Gasteiger partial charge in [-0.2, -0.15) is 0 Å². The van der Waals surface area contributed by atoms with Gasteiger partial charge in [-0.1, -0.05) is 0 Å². The summed E-state index contributed by atoms with van der Waals surface area (Å²) in [5.74, 6) is 0.537. The summed E-state index contributed by atoms with van der Waals surface area (Å²) in [6.45, 7) is 4.09. The quantitative estimate of drug-likeness (QED) is 0.0700. The van der Waals surface area contributed by atoms with E-state index in [2.05, 4.69) is 36.1 Å². The maximum atomic E-state index is 14.1. The van der Waals surface area contributed by atoms with Crippen LogP contribution in [0.2, 0.25) is 0 Å². The van der Waals surface area contributed by atoms with Crippen molar-refractivity contribution in [2.24, 2.45) is 0 Å². The highest BCUT2D eigenvalue weighted by Gasteiger charge is 2.21. The SMILES string of the molecule is COc1ccc2[nH]c3ccc(C(=O)NCCN(C)C)c(NCCN(C)CCNc4c(C(=O)NCCN(C)C)ccc5[nH]c6ccc(OC)cc6c(=O)c45)c3c(=O)c2c1. The number of methoxy groups -OCH3 is 2. The number of rotatable bonds is 18. The number of amides is 2. The molecule has 58 heavy (non-hydrogen) atoms. The van der Waals surface area contributed by atoms with Crippen LogP contribution in [-0.4, -0.2) is 138 Å². The standard InChI is InChI=1S/C43H53N9O6/c1-50(2)20-16-46-42(55)28-10-14-34-36(40(53)30-24-26(57-6)8-12-32(30)48-34)38(28)44-18-22-52(5)23-19-45-39-29(43(56)47-17-21-51(3)4)11-15-35-37(39)41(54)31-25-27(58-7)9-13-33(31)49-35/h8-15,24-25,44-45H,16-23H2,1-7H3,(H,46,55)(H,47,56)(H,48,53)(H,49,54). The first-order valence-corrected chi connectivity index (χ1v) is 19.3. The molecule has 0 saturated heterocycles. The first kappa shape index (κ1) is 41.5. The molecule has 0 aliphatic heterocycles. The molecule has 6 N–H and O–H groups in total. The van der Waals surface area contributed by atoms with Gasteiger partial charge in [0.15, 0.2) is 10.9 Å². The van der Waals surface area contributed by atoms with Crippen LogP contribution in [0.4, 0.5) is 11.4 Å². The second-order valence-electron chi connectivity index (χ2n) is 14.8. The second kappa shape index (κ2) is 18.4.